The van der Waals surface area contributed by atoms with E-state index in [1.807, 2.05) is 43.5 Å². The largest absolute Gasteiger partial charge is 0.325 e. The Balaban J connectivity index is 1.51. The monoisotopic (exact) mass is 358 g/mol. The zero-order valence-corrected chi connectivity index (χ0v) is 15.1. The maximum atomic E-state index is 12.0. The molecule has 0 bridgehead atoms. The van der Waals surface area contributed by atoms with Gasteiger partial charge < -0.3 is 5.32 Å². The molecular weight excluding hydrogens is 340 g/mol. The second kappa shape index (κ2) is 7.63. The van der Waals surface area contributed by atoms with E-state index in [1.54, 1.807) is 11.3 Å². The summed E-state index contributed by atoms with van der Waals surface area (Å²) in [5.41, 5.74) is 3.19. The summed E-state index contributed by atoms with van der Waals surface area (Å²) in [5.74, 6) is 1.03. The predicted octanol–water partition coefficient (Wildman–Crippen LogP) is 3.80. The molecule has 0 radical (unpaired) electrons. The number of aromatic nitrogens is 3. The number of nitrogens with zero attached hydrogens (tertiary/aromatic N) is 2. The fourth-order valence-corrected chi connectivity index (χ4v) is 3.47. The van der Waals surface area contributed by atoms with Crippen LogP contribution in [0.15, 0.2) is 40.9 Å². The van der Waals surface area contributed by atoms with E-state index in [-0.39, 0.29) is 11.7 Å². The minimum Gasteiger partial charge on any atom is -0.325 e. The molecule has 7 heteroatoms. The first-order valence-corrected chi connectivity index (χ1v) is 9.40. The summed E-state index contributed by atoms with van der Waals surface area (Å²) in [6.45, 7) is 4.08. The number of benzene rings is 1. The molecule has 5 nitrogen and oxygen atoms in total. The lowest BCUT2D eigenvalue weighted by molar-refractivity contribution is -0.113. The SMILES string of the molecule is Cc1ccc(NC(=O)CSc2n[nH]c(Cc3cccs3)n2)cc1C. The van der Waals surface area contributed by atoms with E-state index in [0.717, 1.165) is 23.5 Å². The molecule has 1 aromatic carbocycles. The second-order valence-corrected chi connectivity index (χ2v) is 7.43. The van der Waals surface area contributed by atoms with Gasteiger partial charge in [0.2, 0.25) is 11.1 Å². The quantitative estimate of drug-likeness (QED) is 0.658. The fourth-order valence-electron chi connectivity index (χ4n) is 2.15. The normalized spacial score (nSPS) is 10.8. The lowest BCUT2D eigenvalue weighted by Gasteiger charge is -2.06. The molecule has 0 spiro atoms. The van der Waals surface area contributed by atoms with Gasteiger partial charge in [0.05, 0.1) is 5.75 Å². The van der Waals surface area contributed by atoms with Gasteiger partial charge in [-0.05, 0) is 48.6 Å². The molecule has 0 saturated carbocycles. The van der Waals surface area contributed by atoms with E-state index in [2.05, 4.69) is 26.6 Å². The molecule has 1 amide bonds. The number of amides is 1. The van der Waals surface area contributed by atoms with Crippen molar-refractivity contribution in [2.45, 2.75) is 25.4 Å². The molecule has 0 aliphatic rings. The highest BCUT2D eigenvalue weighted by Gasteiger charge is 2.09. The molecule has 124 valence electrons. The summed E-state index contributed by atoms with van der Waals surface area (Å²) >= 11 is 3.02. The van der Waals surface area contributed by atoms with Crippen LogP contribution < -0.4 is 5.32 Å². The van der Waals surface area contributed by atoms with E-state index >= 15 is 0 Å². The Kier molecular flexibility index (Phi) is 5.32. The number of hydrogen-bond donors (Lipinski definition) is 2. The zero-order chi connectivity index (χ0) is 16.9. The molecule has 0 fully saturated rings. The Morgan fingerprint density at radius 1 is 1.29 bits per heavy atom. The molecule has 0 aliphatic carbocycles. The molecule has 2 aromatic heterocycles. The van der Waals surface area contributed by atoms with Crippen LogP contribution in [0, 0.1) is 13.8 Å². The van der Waals surface area contributed by atoms with Crippen LogP contribution >= 0.6 is 23.1 Å². The molecule has 3 rings (SSSR count). The molecule has 24 heavy (non-hydrogen) atoms. The minimum atomic E-state index is -0.0622. The van der Waals surface area contributed by atoms with E-state index in [0.29, 0.717) is 5.16 Å². The van der Waals surface area contributed by atoms with E-state index in [1.165, 1.54) is 22.2 Å². The fraction of sp³-hybridized carbons (Fsp3) is 0.235. The van der Waals surface area contributed by atoms with Crippen molar-refractivity contribution in [3.05, 3.63) is 57.5 Å². The summed E-state index contributed by atoms with van der Waals surface area (Å²) < 4.78 is 0. The topological polar surface area (TPSA) is 70.7 Å². The first-order valence-electron chi connectivity index (χ1n) is 7.54. The van der Waals surface area contributed by atoms with Crippen LogP contribution in [0.5, 0.6) is 0 Å². The molecule has 0 unspecified atom stereocenters. The molecule has 0 saturated heterocycles. The Morgan fingerprint density at radius 3 is 2.92 bits per heavy atom. The highest BCUT2D eigenvalue weighted by molar-refractivity contribution is 7.99. The van der Waals surface area contributed by atoms with Crippen LogP contribution in [0.1, 0.15) is 21.8 Å². The van der Waals surface area contributed by atoms with Crippen molar-refractivity contribution in [2.24, 2.45) is 0 Å². The Labute approximate surface area is 148 Å². The third-order valence-corrected chi connectivity index (χ3v) is 5.28. The van der Waals surface area contributed by atoms with Crippen LogP contribution in [0.3, 0.4) is 0 Å². The van der Waals surface area contributed by atoms with Gasteiger partial charge in [0.1, 0.15) is 5.82 Å². The Bertz CT molecular complexity index is 827. The summed E-state index contributed by atoms with van der Waals surface area (Å²) in [7, 11) is 0. The minimum absolute atomic E-state index is 0.0622. The maximum Gasteiger partial charge on any atom is 0.234 e. The van der Waals surface area contributed by atoms with Gasteiger partial charge in [-0.25, -0.2) is 4.98 Å². The Hall–Kier alpha value is -2.12. The van der Waals surface area contributed by atoms with Crippen molar-refractivity contribution in [3.8, 4) is 0 Å². The lowest BCUT2D eigenvalue weighted by Crippen LogP contribution is -2.14. The highest BCUT2D eigenvalue weighted by Crippen LogP contribution is 2.18. The number of aromatic amines is 1. The molecule has 3 aromatic rings. The number of carbonyl (C=O) groups is 1. The molecule has 0 aliphatic heterocycles. The number of thioether (sulfide) groups is 1. The van der Waals surface area contributed by atoms with Crippen molar-refractivity contribution in [1.29, 1.82) is 0 Å². The van der Waals surface area contributed by atoms with Gasteiger partial charge in [0.15, 0.2) is 0 Å². The number of rotatable bonds is 6. The smallest absolute Gasteiger partial charge is 0.234 e. The first-order chi connectivity index (χ1) is 11.6. The number of thiophene rings is 1. The van der Waals surface area contributed by atoms with Gasteiger partial charge in [0.25, 0.3) is 0 Å². The summed E-state index contributed by atoms with van der Waals surface area (Å²) in [4.78, 5) is 17.7. The van der Waals surface area contributed by atoms with Gasteiger partial charge in [-0.3, -0.25) is 9.89 Å². The van der Waals surface area contributed by atoms with Gasteiger partial charge in [-0.2, -0.15) is 0 Å². The van der Waals surface area contributed by atoms with Crippen LogP contribution in [-0.2, 0) is 11.2 Å². The number of hydrogen-bond acceptors (Lipinski definition) is 5. The average Bonchev–Trinajstić information content (AvgIpc) is 3.21. The highest BCUT2D eigenvalue weighted by atomic mass is 32.2. The standard InChI is InChI=1S/C17H18N4OS2/c1-11-5-6-13(8-12(11)2)18-16(22)10-24-17-19-15(20-21-17)9-14-4-3-7-23-14/h3-8H,9-10H2,1-2H3,(H,18,22)(H,19,20,21). The lowest BCUT2D eigenvalue weighted by atomic mass is 10.1. The van der Waals surface area contributed by atoms with Crippen LogP contribution in [0.25, 0.3) is 0 Å². The van der Waals surface area contributed by atoms with Crippen LogP contribution in [0.4, 0.5) is 5.69 Å². The summed E-state index contributed by atoms with van der Waals surface area (Å²) in [6.07, 6.45) is 0.736. The molecule has 2 heterocycles. The number of carbonyl (C=O) groups excluding carboxylic acids is 1. The van der Waals surface area contributed by atoms with Crippen LogP contribution in [0.2, 0.25) is 0 Å². The van der Waals surface area contributed by atoms with Crippen molar-refractivity contribution in [1.82, 2.24) is 15.2 Å². The summed E-state index contributed by atoms with van der Waals surface area (Å²) in [6, 6.07) is 9.98. The second-order valence-electron chi connectivity index (χ2n) is 5.46. The van der Waals surface area contributed by atoms with E-state index in [4.69, 9.17) is 0 Å². The number of H-pyrrole nitrogens is 1. The summed E-state index contributed by atoms with van der Waals surface area (Å²) in [5, 5.41) is 12.6. The van der Waals surface area contributed by atoms with Gasteiger partial charge in [-0.1, -0.05) is 23.9 Å². The van der Waals surface area contributed by atoms with Crippen molar-refractivity contribution in [3.63, 3.8) is 0 Å². The van der Waals surface area contributed by atoms with Crippen molar-refractivity contribution < 1.29 is 4.79 Å². The van der Waals surface area contributed by atoms with Gasteiger partial charge in [-0.15, -0.1) is 16.4 Å². The number of nitrogens with one attached hydrogen (secondary N) is 2. The number of aryl methyl sites for hydroxylation is 2. The van der Waals surface area contributed by atoms with E-state index < -0.39 is 0 Å². The Morgan fingerprint density at radius 2 is 2.17 bits per heavy atom. The molecule has 2 N–H and O–H groups in total. The van der Waals surface area contributed by atoms with Gasteiger partial charge in [0, 0.05) is 17.0 Å². The first kappa shape index (κ1) is 16.7. The van der Waals surface area contributed by atoms with Crippen molar-refractivity contribution >= 4 is 34.7 Å². The van der Waals surface area contributed by atoms with E-state index in [9.17, 15) is 4.79 Å². The molecule has 0 atom stereocenters. The average molecular weight is 358 g/mol. The maximum absolute atomic E-state index is 12.0. The third-order valence-electron chi connectivity index (χ3n) is 3.56. The zero-order valence-electron chi connectivity index (χ0n) is 13.5. The van der Waals surface area contributed by atoms with Crippen molar-refractivity contribution in [2.75, 3.05) is 11.1 Å². The number of anilines is 1. The molecular formula is C17H18N4OS2. The van der Waals surface area contributed by atoms with Crippen LogP contribution in [-0.4, -0.2) is 26.8 Å². The van der Waals surface area contributed by atoms with Gasteiger partial charge >= 0.3 is 0 Å². The predicted molar refractivity (Wildman–Crippen MR) is 98.8 cm³/mol. The third kappa shape index (κ3) is 4.46.